The van der Waals surface area contributed by atoms with Crippen molar-refractivity contribution in [3.8, 4) is 11.9 Å². The minimum atomic E-state index is -1.81. The Bertz CT molecular complexity index is 1160. The van der Waals surface area contributed by atoms with Crippen molar-refractivity contribution in [1.82, 2.24) is 9.97 Å². The molecule has 1 unspecified atom stereocenters. The van der Waals surface area contributed by atoms with E-state index < -0.39 is 22.6 Å². The normalized spacial score (nSPS) is 20.6. The number of benzene rings is 1. The van der Waals surface area contributed by atoms with Crippen LogP contribution in [0.3, 0.4) is 0 Å². The number of rotatable bonds is 0. The summed E-state index contributed by atoms with van der Waals surface area (Å²) in [6, 6.07) is 6.77. The van der Waals surface area contributed by atoms with Crippen LogP contribution in [0.1, 0.15) is 11.1 Å². The molecule has 0 bridgehead atoms. The van der Waals surface area contributed by atoms with Gasteiger partial charge >= 0.3 is 5.69 Å². The fourth-order valence-electron chi connectivity index (χ4n) is 3.27. The van der Waals surface area contributed by atoms with Crippen LogP contribution in [-0.4, -0.2) is 15.9 Å². The number of aromatic amines is 2. The number of H-pyrrole nitrogens is 2. The summed E-state index contributed by atoms with van der Waals surface area (Å²) in [5.41, 5.74) is 2.71. The Morgan fingerprint density at radius 1 is 1.24 bits per heavy atom. The average molecular weight is 402 g/mol. The molecule has 0 saturated carbocycles. The van der Waals surface area contributed by atoms with Gasteiger partial charge in [0, 0.05) is 15.7 Å². The molecular formula is C15H8BrN5O4. The third-order valence-corrected chi connectivity index (χ3v) is 4.70. The van der Waals surface area contributed by atoms with Crippen LogP contribution >= 0.6 is 15.9 Å². The van der Waals surface area contributed by atoms with Crippen molar-refractivity contribution in [3.63, 3.8) is 0 Å². The molecule has 1 amide bonds. The van der Waals surface area contributed by atoms with E-state index in [1.54, 1.807) is 18.2 Å². The fourth-order valence-corrected chi connectivity index (χ4v) is 3.64. The van der Waals surface area contributed by atoms with E-state index in [-0.39, 0.29) is 22.9 Å². The fraction of sp³-hybridized carbons (Fsp3) is 0.0667. The molecular weight excluding hydrogens is 394 g/mol. The number of hydrogen-bond donors (Lipinski definition) is 4. The van der Waals surface area contributed by atoms with Gasteiger partial charge in [-0.2, -0.15) is 5.26 Å². The van der Waals surface area contributed by atoms with E-state index in [0.29, 0.717) is 15.7 Å². The van der Waals surface area contributed by atoms with Gasteiger partial charge in [-0.25, -0.2) is 4.79 Å². The minimum absolute atomic E-state index is 0.198. The van der Waals surface area contributed by atoms with Crippen LogP contribution in [0, 0.1) is 11.3 Å². The van der Waals surface area contributed by atoms with Gasteiger partial charge in [-0.05, 0) is 12.1 Å². The molecule has 1 aromatic heterocycles. The summed E-state index contributed by atoms with van der Waals surface area (Å²) in [6.45, 7) is 0. The number of nitrogens with zero attached hydrogens (tertiary/aromatic N) is 1. The number of hydrogen-bond acceptors (Lipinski definition) is 6. The lowest BCUT2D eigenvalue weighted by molar-refractivity contribution is -0.118. The lowest BCUT2D eigenvalue weighted by Crippen LogP contribution is -2.48. The number of fused-ring (bicyclic) bond motifs is 4. The number of aromatic nitrogens is 2. The first-order chi connectivity index (χ1) is 11.9. The second-order valence-electron chi connectivity index (χ2n) is 5.46. The maximum absolute atomic E-state index is 13.0. The smallest absolute Gasteiger partial charge is 0.328 e. The molecule has 5 N–H and O–H groups in total. The highest BCUT2D eigenvalue weighted by Gasteiger charge is 2.58. The van der Waals surface area contributed by atoms with Gasteiger partial charge in [0.2, 0.25) is 17.7 Å². The monoisotopic (exact) mass is 401 g/mol. The van der Waals surface area contributed by atoms with Gasteiger partial charge in [0.1, 0.15) is 17.2 Å². The summed E-state index contributed by atoms with van der Waals surface area (Å²) >= 11 is 3.30. The molecule has 10 heteroatoms. The van der Waals surface area contributed by atoms with E-state index in [2.05, 4.69) is 31.2 Å². The van der Waals surface area contributed by atoms with Crippen LogP contribution < -0.4 is 27.0 Å². The first kappa shape index (κ1) is 15.2. The second kappa shape index (κ2) is 4.84. The van der Waals surface area contributed by atoms with Crippen LogP contribution in [0.5, 0.6) is 5.88 Å². The number of nitrogens with one attached hydrogen (secondary N) is 3. The van der Waals surface area contributed by atoms with E-state index >= 15 is 0 Å². The van der Waals surface area contributed by atoms with E-state index in [1.165, 1.54) is 0 Å². The molecule has 3 heterocycles. The third-order valence-electron chi connectivity index (χ3n) is 4.20. The number of halogens is 1. The SMILES string of the molecule is N#CC1=C(N)Oc2[nH]c(=O)[nH]c(=O)c2C12C(=O)Nc1cc(Br)ccc12. The standard InChI is InChI=1S/C15H8BrN5O4/c16-5-1-2-6-8(3-5)19-13(23)15(6)7(4-17)10(18)25-12-9(15)11(22)20-14(24)21-12/h1-3H,18H2,(H,19,23)(H2,20,21,22,24). The molecule has 0 fully saturated rings. The van der Waals surface area contributed by atoms with Crippen LogP contribution in [0.15, 0.2) is 43.7 Å². The Hall–Kier alpha value is -3.32. The average Bonchev–Trinajstić information content (AvgIpc) is 2.79. The van der Waals surface area contributed by atoms with E-state index in [9.17, 15) is 19.6 Å². The predicted octanol–water partition coefficient (Wildman–Crippen LogP) is 0.150. The molecule has 2 aliphatic rings. The molecule has 25 heavy (non-hydrogen) atoms. The van der Waals surface area contributed by atoms with Crippen molar-refractivity contribution in [2.45, 2.75) is 5.41 Å². The van der Waals surface area contributed by atoms with Crippen molar-refractivity contribution >= 4 is 27.5 Å². The molecule has 0 saturated heterocycles. The quantitative estimate of drug-likeness (QED) is 0.492. The molecule has 1 atom stereocenters. The summed E-state index contributed by atoms with van der Waals surface area (Å²) in [7, 11) is 0. The largest absolute Gasteiger partial charge is 0.423 e. The van der Waals surface area contributed by atoms with Gasteiger partial charge in [0.25, 0.3) is 5.56 Å². The molecule has 0 radical (unpaired) electrons. The van der Waals surface area contributed by atoms with Gasteiger partial charge in [-0.1, -0.05) is 22.0 Å². The third kappa shape index (κ3) is 1.78. The van der Waals surface area contributed by atoms with Crippen molar-refractivity contribution < 1.29 is 9.53 Å². The summed E-state index contributed by atoms with van der Waals surface area (Å²) in [5.74, 6) is -1.26. The number of amides is 1. The summed E-state index contributed by atoms with van der Waals surface area (Å²) in [4.78, 5) is 41.4. The molecule has 4 rings (SSSR count). The molecule has 1 aromatic carbocycles. The van der Waals surface area contributed by atoms with Gasteiger partial charge in [-0.3, -0.25) is 19.6 Å². The first-order valence-corrected chi connectivity index (χ1v) is 7.75. The number of carbonyl (C=O) groups excluding carboxylic acids is 1. The highest BCUT2D eigenvalue weighted by molar-refractivity contribution is 9.10. The maximum atomic E-state index is 13.0. The van der Waals surface area contributed by atoms with E-state index in [4.69, 9.17) is 10.5 Å². The zero-order valence-electron chi connectivity index (χ0n) is 12.3. The van der Waals surface area contributed by atoms with Crippen LogP contribution in [0.25, 0.3) is 0 Å². The lowest BCUT2D eigenvalue weighted by atomic mass is 9.70. The van der Waals surface area contributed by atoms with Crippen molar-refractivity contribution in [2.24, 2.45) is 5.73 Å². The molecule has 124 valence electrons. The molecule has 9 nitrogen and oxygen atoms in total. The van der Waals surface area contributed by atoms with E-state index in [1.807, 2.05) is 6.07 Å². The summed E-state index contributed by atoms with van der Waals surface area (Å²) < 4.78 is 5.94. The zero-order chi connectivity index (χ0) is 17.9. The minimum Gasteiger partial charge on any atom is -0.423 e. The van der Waals surface area contributed by atoms with E-state index in [0.717, 1.165) is 0 Å². The van der Waals surface area contributed by atoms with Gasteiger partial charge < -0.3 is 15.8 Å². The first-order valence-electron chi connectivity index (χ1n) is 6.96. The lowest BCUT2D eigenvalue weighted by Gasteiger charge is -2.31. The van der Waals surface area contributed by atoms with Crippen molar-refractivity contribution in [2.75, 3.05) is 5.32 Å². The van der Waals surface area contributed by atoms with Gasteiger partial charge in [-0.15, -0.1) is 0 Å². The van der Waals surface area contributed by atoms with Crippen LogP contribution in [-0.2, 0) is 10.2 Å². The highest BCUT2D eigenvalue weighted by Crippen LogP contribution is 2.51. The highest BCUT2D eigenvalue weighted by atomic mass is 79.9. The van der Waals surface area contributed by atoms with Crippen molar-refractivity contribution in [1.29, 1.82) is 5.26 Å². The number of ether oxygens (including phenoxy) is 1. The zero-order valence-corrected chi connectivity index (χ0v) is 13.9. The van der Waals surface area contributed by atoms with Crippen molar-refractivity contribution in [3.05, 3.63) is 66.1 Å². The maximum Gasteiger partial charge on any atom is 0.328 e. The Labute approximate surface area is 147 Å². The van der Waals surface area contributed by atoms with Gasteiger partial charge in [0.05, 0.1) is 0 Å². The molecule has 2 aromatic rings. The van der Waals surface area contributed by atoms with Gasteiger partial charge in [0.15, 0.2) is 5.41 Å². The Morgan fingerprint density at radius 2 is 2.00 bits per heavy atom. The summed E-state index contributed by atoms with van der Waals surface area (Å²) in [6.07, 6.45) is 0. The molecule has 1 spiro atoms. The Morgan fingerprint density at radius 3 is 2.72 bits per heavy atom. The number of nitrogens with two attached hydrogens (primary N) is 1. The summed E-state index contributed by atoms with van der Waals surface area (Å²) in [5, 5.41) is 12.3. The predicted molar refractivity (Wildman–Crippen MR) is 88.7 cm³/mol. The van der Waals surface area contributed by atoms with Crippen LogP contribution in [0.2, 0.25) is 0 Å². The van der Waals surface area contributed by atoms with Crippen LogP contribution in [0.4, 0.5) is 5.69 Å². The second-order valence-corrected chi connectivity index (χ2v) is 6.38. The number of nitriles is 1. The number of carbonyl (C=O) groups is 1. The Balaban J connectivity index is 2.22. The number of anilines is 1. The topological polar surface area (TPSA) is 154 Å². The Kier molecular flexibility index (Phi) is 2.95. The molecule has 0 aliphatic carbocycles. The molecule has 2 aliphatic heterocycles.